The molecule has 31 heavy (non-hydrogen) atoms. The fourth-order valence-corrected chi connectivity index (χ4v) is 4.36. The highest BCUT2D eigenvalue weighted by Crippen LogP contribution is 2.28. The van der Waals surface area contributed by atoms with Gasteiger partial charge in [-0.2, -0.15) is 0 Å². The molecule has 164 valence electrons. The topological polar surface area (TPSA) is 102 Å². The Morgan fingerprint density at radius 1 is 1.13 bits per heavy atom. The maximum atomic E-state index is 13.0. The summed E-state index contributed by atoms with van der Waals surface area (Å²) in [6.07, 6.45) is 0. The molecule has 0 aliphatic rings. The Labute approximate surface area is 181 Å². The third-order valence-corrected chi connectivity index (χ3v) is 6.33. The van der Waals surface area contributed by atoms with Crippen LogP contribution in [0.4, 0.5) is 5.69 Å². The zero-order valence-corrected chi connectivity index (χ0v) is 18.9. The highest BCUT2D eigenvalue weighted by Gasteiger charge is 2.24. The quantitative estimate of drug-likeness (QED) is 0.598. The van der Waals surface area contributed by atoms with Crippen LogP contribution >= 0.6 is 0 Å². The number of nitrogens with zero attached hydrogens (tertiary/aromatic N) is 2. The Bertz CT molecular complexity index is 1180. The Morgan fingerprint density at radius 3 is 2.39 bits per heavy atom. The summed E-state index contributed by atoms with van der Waals surface area (Å²) in [5.41, 5.74) is 3.17. The van der Waals surface area contributed by atoms with Crippen molar-refractivity contribution >= 4 is 21.6 Å². The first kappa shape index (κ1) is 22.4. The average molecular weight is 444 g/mol. The predicted octanol–water partition coefficient (Wildman–Crippen LogP) is 3.68. The predicted molar refractivity (Wildman–Crippen MR) is 117 cm³/mol. The van der Waals surface area contributed by atoms with Crippen LogP contribution in [0.2, 0.25) is 0 Å². The van der Waals surface area contributed by atoms with Crippen LogP contribution in [0.15, 0.2) is 51.9 Å². The molecule has 0 spiro atoms. The standard InChI is InChI=1S/C22H25N3O5S/c1-14-6-9-18(10-7-14)24-31(27,28)21-12-17(8-11-20(21)29-5)22(26)25(4)13-19-15(2)23-30-16(19)3/h6-12,24H,13H2,1-5H3. The van der Waals surface area contributed by atoms with Gasteiger partial charge in [-0.1, -0.05) is 22.9 Å². The number of aryl methyl sites for hydroxylation is 3. The van der Waals surface area contributed by atoms with E-state index in [4.69, 9.17) is 9.26 Å². The van der Waals surface area contributed by atoms with Crippen molar-refractivity contribution in [3.63, 3.8) is 0 Å². The van der Waals surface area contributed by atoms with Crippen molar-refractivity contribution in [2.24, 2.45) is 0 Å². The van der Waals surface area contributed by atoms with Crippen LogP contribution in [0.3, 0.4) is 0 Å². The second kappa shape index (κ2) is 8.81. The van der Waals surface area contributed by atoms with Gasteiger partial charge in [0.15, 0.2) is 0 Å². The second-order valence-corrected chi connectivity index (χ2v) is 8.95. The first-order chi connectivity index (χ1) is 14.6. The Morgan fingerprint density at radius 2 is 1.81 bits per heavy atom. The lowest BCUT2D eigenvalue weighted by Crippen LogP contribution is -2.27. The number of methoxy groups -OCH3 is 1. The van der Waals surface area contributed by atoms with Crippen molar-refractivity contribution in [2.45, 2.75) is 32.2 Å². The molecule has 0 aliphatic heterocycles. The minimum atomic E-state index is -3.98. The fourth-order valence-electron chi connectivity index (χ4n) is 3.11. The molecule has 0 atom stereocenters. The minimum absolute atomic E-state index is 0.118. The molecule has 0 saturated carbocycles. The molecule has 1 heterocycles. The SMILES string of the molecule is COc1ccc(C(=O)N(C)Cc2c(C)noc2C)cc1S(=O)(=O)Nc1ccc(C)cc1. The molecule has 0 saturated heterocycles. The Hall–Kier alpha value is -3.33. The zero-order valence-electron chi connectivity index (χ0n) is 18.1. The molecule has 1 aromatic heterocycles. The molecule has 0 fully saturated rings. The van der Waals surface area contributed by atoms with Gasteiger partial charge in [-0.15, -0.1) is 0 Å². The molecule has 1 N–H and O–H groups in total. The third-order valence-electron chi connectivity index (χ3n) is 4.93. The van der Waals surface area contributed by atoms with Crippen LogP contribution < -0.4 is 9.46 Å². The summed E-state index contributed by atoms with van der Waals surface area (Å²) in [6.45, 7) is 5.78. The van der Waals surface area contributed by atoms with Gasteiger partial charge in [0.05, 0.1) is 19.3 Å². The third kappa shape index (κ3) is 4.88. The maximum absolute atomic E-state index is 13.0. The number of carbonyl (C=O) groups excluding carboxylic acids is 1. The highest BCUT2D eigenvalue weighted by molar-refractivity contribution is 7.92. The monoisotopic (exact) mass is 443 g/mol. The molecule has 0 radical (unpaired) electrons. The van der Waals surface area contributed by atoms with Gasteiger partial charge in [-0.3, -0.25) is 9.52 Å². The summed E-state index contributed by atoms with van der Waals surface area (Å²) in [7, 11) is -0.968. The number of anilines is 1. The molecule has 9 heteroatoms. The van der Waals surface area contributed by atoms with E-state index < -0.39 is 10.0 Å². The van der Waals surface area contributed by atoms with Crippen molar-refractivity contribution in [3.05, 3.63) is 70.6 Å². The van der Waals surface area contributed by atoms with Crippen molar-refractivity contribution in [1.82, 2.24) is 10.1 Å². The number of carbonyl (C=O) groups is 1. The molecule has 0 aliphatic carbocycles. The smallest absolute Gasteiger partial charge is 0.265 e. The zero-order chi connectivity index (χ0) is 22.8. The highest BCUT2D eigenvalue weighted by atomic mass is 32.2. The van der Waals surface area contributed by atoms with Gasteiger partial charge in [0.25, 0.3) is 15.9 Å². The van der Waals surface area contributed by atoms with Crippen LogP contribution in [-0.2, 0) is 16.6 Å². The largest absolute Gasteiger partial charge is 0.495 e. The van der Waals surface area contributed by atoms with Crippen molar-refractivity contribution in [1.29, 1.82) is 0 Å². The molecule has 0 bridgehead atoms. The van der Waals surface area contributed by atoms with E-state index >= 15 is 0 Å². The average Bonchev–Trinajstić information content (AvgIpc) is 3.06. The molecule has 3 aromatic rings. The summed E-state index contributed by atoms with van der Waals surface area (Å²) in [4.78, 5) is 14.4. The summed E-state index contributed by atoms with van der Waals surface area (Å²) < 4.78 is 39.0. The number of sulfonamides is 1. The number of hydrogen-bond acceptors (Lipinski definition) is 6. The number of benzene rings is 2. The summed E-state index contributed by atoms with van der Waals surface area (Å²) in [6, 6.07) is 11.3. The van der Waals surface area contributed by atoms with Crippen molar-refractivity contribution < 1.29 is 22.5 Å². The molecule has 1 amide bonds. The number of ether oxygens (including phenoxy) is 1. The lowest BCUT2D eigenvalue weighted by Gasteiger charge is -2.18. The first-order valence-corrected chi connectivity index (χ1v) is 11.1. The normalized spacial score (nSPS) is 11.3. The van der Waals surface area contributed by atoms with Crippen LogP contribution in [0.1, 0.15) is 32.9 Å². The van der Waals surface area contributed by atoms with E-state index in [1.807, 2.05) is 6.92 Å². The van der Waals surface area contributed by atoms with E-state index in [1.165, 1.54) is 30.2 Å². The van der Waals surface area contributed by atoms with Gasteiger partial charge in [-0.05, 0) is 51.1 Å². The van der Waals surface area contributed by atoms with Gasteiger partial charge in [0.2, 0.25) is 0 Å². The van der Waals surface area contributed by atoms with E-state index in [-0.39, 0.29) is 28.7 Å². The molecule has 8 nitrogen and oxygen atoms in total. The molecular weight excluding hydrogens is 418 g/mol. The van der Waals surface area contributed by atoms with Crippen LogP contribution in [0.5, 0.6) is 5.75 Å². The fraction of sp³-hybridized carbons (Fsp3) is 0.273. The lowest BCUT2D eigenvalue weighted by molar-refractivity contribution is 0.0784. The van der Waals surface area contributed by atoms with Gasteiger partial charge in [0, 0.05) is 23.9 Å². The van der Waals surface area contributed by atoms with E-state index in [0.29, 0.717) is 17.1 Å². The summed E-state index contributed by atoms with van der Waals surface area (Å²) in [5.74, 6) is 0.441. The first-order valence-electron chi connectivity index (χ1n) is 9.57. The summed E-state index contributed by atoms with van der Waals surface area (Å²) >= 11 is 0. The molecule has 2 aromatic carbocycles. The van der Waals surface area contributed by atoms with Crippen molar-refractivity contribution in [3.8, 4) is 5.75 Å². The van der Waals surface area contributed by atoms with Crippen LogP contribution in [0, 0.1) is 20.8 Å². The van der Waals surface area contributed by atoms with E-state index in [1.54, 1.807) is 45.2 Å². The van der Waals surface area contributed by atoms with Gasteiger partial charge < -0.3 is 14.2 Å². The van der Waals surface area contributed by atoms with Gasteiger partial charge in [0.1, 0.15) is 16.4 Å². The van der Waals surface area contributed by atoms with Crippen molar-refractivity contribution in [2.75, 3.05) is 18.9 Å². The van der Waals surface area contributed by atoms with Gasteiger partial charge >= 0.3 is 0 Å². The molecular formula is C22H25N3O5S. The van der Waals surface area contributed by atoms with E-state index in [9.17, 15) is 13.2 Å². The van der Waals surface area contributed by atoms with Crippen LogP contribution in [-0.4, -0.2) is 38.5 Å². The number of aromatic nitrogens is 1. The second-order valence-electron chi connectivity index (χ2n) is 7.30. The lowest BCUT2D eigenvalue weighted by atomic mass is 10.1. The number of rotatable bonds is 7. The molecule has 0 unspecified atom stereocenters. The summed E-state index contributed by atoms with van der Waals surface area (Å²) in [5, 5.41) is 3.90. The van der Waals surface area contributed by atoms with Gasteiger partial charge in [-0.25, -0.2) is 8.42 Å². The van der Waals surface area contributed by atoms with E-state index in [0.717, 1.165) is 11.1 Å². The Kier molecular flexibility index (Phi) is 6.35. The number of nitrogens with one attached hydrogen (secondary N) is 1. The van der Waals surface area contributed by atoms with Crippen LogP contribution in [0.25, 0.3) is 0 Å². The Balaban J connectivity index is 1.90. The minimum Gasteiger partial charge on any atom is -0.495 e. The van der Waals surface area contributed by atoms with E-state index in [2.05, 4.69) is 9.88 Å². The maximum Gasteiger partial charge on any atom is 0.265 e. The number of hydrogen-bond donors (Lipinski definition) is 1. The number of amides is 1. The molecule has 3 rings (SSSR count).